The minimum atomic E-state index is -0.346. The Morgan fingerprint density at radius 1 is 0.955 bits per heavy atom. The Morgan fingerprint density at radius 3 is 2.36 bits per heavy atom. The Morgan fingerprint density at radius 2 is 1.68 bits per heavy atom. The van der Waals surface area contributed by atoms with E-state index >= 15 is 0 Å². The summed E-state index contributed by atoms with van der Waals surface area (Å²) in [6, 6.07) is 19.8. The predicted molar refractivity (Wildman–Crippen MR) is 87.2 cm³/mol. The van der Waals surface area contributed by atoms with Crippen LogP contribution in [0.15, 0.2) is 60.7 Å². The van der Waals surface area contributed by atoms with Crippen molar-refractivity contribution < 1.29 is 4.39 Å². The lowest BCUT2D eigenvalue weighted by molar-refractivity contribution is 0.628. The molecule has 0 fully saturated rings. The third-order valence-electron chi connectivity index (χ3n) is 3.37. The molecule has 0 saturated carbocycles. The zero-order valence-electron chi connectivity index (χ0n) is 11.5. The number of aromatic nitrogens is 1. The van der Waals surface area contributed by atoms with Gasteiger partial charge in [0, 0.05) is 11.3 Å². The Hall–Kier alpha value is -2.77. The molecule has 0 bridgehead atoms. The van der Waals surface area contributed by atoms with Gasteiger partial charge in [-0.1, -0.05) is 54.7 Å². The number of nitrogens with one attached hydrogen (secondary N) is 1. The van der Waals surface area contributed by atoms with Crippen LogP contribution in [0.5, 0.6) is 0 Å². The van der Waals surface area contributed by atoms with Crippen LogP contribution < -0.4 is 0 Å². The second-order valence-electron chi connectivity index (χ2n) is 4.79. The predicted octanol–water partition coefficient (Wildman–Crippen LogP) is 5.09. The fraction of sp³-hybridized carbons (Fsp3) is 0. The maximum absolute atomic E-state index is 13.5. The van der Waals surface area contributed by atoms with Crippen LogP contribution in [-0.4, -0.2) is 4.98 Å². The Bertz CT molecular complexity index is 924. The van der Waals surface area contributed by atoms with Crippen molar-refractivity contribution in [3.8, 4) is 28.5 Å². The Labute approximate surface area is 132 Å². The Kier molecular flexibility index (Phi) is 3.82. The van der Waals surface area contributed by atoms with Gasteiger partial charge in [0.1, 0.15) is 16.5 Å². The van der Waals surface area contributed by atoms with Gasteiger partial charge in [0.05, 0.1) is 5.56 Å². The van der Waals surface area contributed by atoms with Crippen LogP contribution in [0, 0.1) is 21.8 Å². The molecule has 0 saturated heterocycles. The summed E-state index contributed by atoms with van der Waals surface area (Å²) in [6.07, 6.45) is 0. The van der Waals surface area contributed by atoms with E-state index < -0.39 is 0 Å². The van der Waals surface area contributed by atoms with Crippen LogP contribution in [0.1, 0.15) is 5.56 Å². The summed E-state index contributed by atoms with van der Waals surface area (Å²) in [7, 11) is 0. The van der Waals surface area contributed by atoms with Crippen molar-refractivity contribution in [1.29, 1.82) is 5.26 Å². The van der Waals surface area contributed by atoms with E-state index in [0.717, 1.165) is 11.3 Å². The van der Waals surface area contributed by atoms with E-state index in [-0.39, 0.29) is 5.82 Å². The number of hydrogen-bond donors (Lipinski definition) is 1. The number of aromatic amines is 1. The van der Waals surface area contributed by atoms with Crippen LogP contribution in [0.2, 0.25) is 0 Å². The zero-order valence-corrected chi connectivity index (χ0v) is 12.3. The molecular formula is C18H11FN2S. The molecule has 22 heavy (non-hydrogen) atoms. The molecular weight excluding hydrogens is 295 g/mol. The summed E-state index contributed by atoms with van der Waals surface area (Å²) in [5.41, 5.74) is 3.36. The molecule has 106 valence electrons. The molecule has 0 aliphatic carbocycles. The molecule has 0 amide bonds. The summed E-state index contributed by atoms with van der Waals surface area (Å²) in [5.74, 6) is -0.346. The third kappa shape index (κ3) is 2.67. The molecule has 0 aliphatic heterocycles. The lowest BCUT2D eigenvalue weighted by Crippen LogP contribution is -1.93. The molecule has 1 heterocycles. The molecule has 2 aromatic carbocycles. The van der Waals surface area contributed by atoms with E-state index in [1.165, 1.54) is 12.1 Å². The molecule has 0 radical (unpaired) electrons. The topological polar surface area (TPSA) is 39.6 Å². The van der Waals surface area contributed by atoms with Crippen molar-refractivity contribution >= 4 is 12.2 Å². The zero-order chi connectivity index (χ0) is 15.5. The molecule has 1 aromatic heterocycles. The second-order valence-corrected chi connectivity index (χ2v) is 5.20. The van der Waals surface area contributed by atoms with Gasteiger partial charge in [0.25, 0.3) is 0 Å². The summed E-state index contributed by atoms with van der Waals surface area (Å²) < 4.78 is 13.8. The second kappa shape index (κ2) is 5.92. The molecule has 3 aromatic rings. The first-order chi connectivity index (χ1) is 10.7. The van der Waals surface area contributed by atoms with Crippen LogP contribution in [0.3, 0.4) is 0 Å². The van der Waals surface area contributed by atoms with Crippen LogP contribution in [-0.2, 0) is 0 Å². The lowest BCUT2D eigenvalue weighted by atomic mass is 9.99. The maximum atomic E-state index is 13.5. The van der Waals surface area contributed by atoms with Gasteiger partial charge < -0.3 is 4.98 Å². The van der Waals surface area contributed by atoms with E-state index in [1.807, 2.05) is 36.4 Å². The SMILES string of the molecule is N#Cc1c(-c2cccc(F)c2)cc(-c2ccccc2)[nH]c1=S. The van der Waals surface area contributed by atoms with E-state index in [0.29, 0.717) is 21.3 Å². The normalized spacial score (nSPS) is 10.2. The molecule has 1 N–H and O–H groups in total. The summed E-state index contributed by atoms with van der Waals surface area (Å²) in [5, 5.41) is 9.36. The monoisotopic (exact) mass is 306 g/mol. The van der Waals surface area contributed by atoms with Gasteiger partial charge in [0.2, 0.25) is 0 Å². The number of pyridine rings is 1. The lowest BCUT2D eigenvalue weighted by Gasteiger charge is -2.09. The van der Waals surface area contributed by atoms with Crippen molar-refractivity contribution in [2.75, 3.05) is 0 Å². The minimum Gasteiger partial charge on any atom is -0.345 e. The molecule has 4 heteroatoms. The number of benzene rings is 2. The Balaban J connectivity index is 2.27. The number of nitrogens with zero attached hydrogens (tertiary/aromatic N) is 1. The van der Waals surface area contributed by atoms with Crippen LogP contribution in [0.25, 0.3) is 22.4 Å². The highest BCUT2D eigenvalue weighted by Gasteiger charge is 2.11. The number of nitriles is 1. The van der Waals surface area contributed by atoms with Gasteiger partial charge in [-0.15, -0.1) is 0 Å². The number of rotatable bonds is 2. The highest BCUT2D eigenvalue weighted by atomic mass is 32.1. The average Bonchev–Trinajstić information content (AvgIpc) is 2.55. The van der Waals surface area contributed by atoms with Gasteiger partial charge >= 0.3 is 0 Å². The standard InChI is InChI=1S/C18H11FN2S/c19-14-8-4-7-13(9-14)15-10-17(12-5-2-1-3-6-12)21-18(22)16(15)11-20/h1-10H,(H,21,22). The first kappa shape index (κ1) is 14.2. The molecule has 0 spiro atoms. The van der Waals surface area contributed by atoms with Crippen molar-refractivity contribution in [2.24, 2.45) is 0 Å². The summed E-state index contributed by atoms with van der Waals surface area (Å²) >= 11 is 5.29. The van der Waals surface area contributed by atoms with Crippen molar-refractivity contribution in [3.05, 3.63) is 76.7 Å². The molecule has 3 rings (SSSR count). The molecule has 0 unspecified atom stereocenters. The highest BCUT2D eigenvalue weighted by Crippen LogP contribution is 2.29. The number of H-pyrrole nitrogens is 1. The summed E-state index contributed by atoms with van der Waals surface area (Å²) in [4.78, 5) is 3.07. The van der Waals surface area contributed by atoms with E-state index in [1.54, 1.807) is 12.1 Å². The van der Waals surface area contributed by atoms with E-state index in [9.17, 15) is 9.65 Å². The van der Waals surface area contributed by atoms with Gasteiger partial charge in [-0.05, 0) is 29.3 Å². The fourth-order valence-corrected chi connectivity index (χ4v) is 2.59. The van der Waals surface area contributed by atoms with E-state index in [4.69, 9.17) is 12.2 Å². The third-order valence-corrected chi connectivity index (χ3v) is 3.67. The first-order valence-corrected chi connectivity index (χ1v) is 7.08. The summed E-state index contributed by atoms with van der Waals surface area (Å²) in [6.45, 7) is 0. The average molecular weight is 306 g/mol. The van der Waals surface area contributed by atoms with Gasteiger partial charge in [-0.2, -0.15) is 5.26 Å². The van der Waals surface area contributed by atoms with E-state index in [2.05, 4.69) is 11.1 Å². The first-order valence-electron chi connectivity index (χ1n) is 6.68. The van der Waals surface area contributed by atoms with Crippen molar-refractivity contribution in [1.82, 2.24) is 4.98 Å². The minimum absolute atomic E-state index is 0.346. The van der Waals surface area contributed by atoms with Crippen molar-refractivity contribution in [3.63, 3.8) is 0 Å². The van der Waals surface area contributed by atoms with Crippen LogP contribution >= 0.6 is 12.2 Å². The molecule has 0 atom stereocenters. The van der Waals surface area contributed by atoms with Crippen molar-refractivity contribution in [2.45, 2.75) is 0 Å². The van der Waals surface area contributed by atoms with Gasteiger partial charge in [-0.25, -0.2) is 4.39 Å². The fourth-order valence-electron chi connectivity index (χ4n) is 2.33. The highest BCUT2D eigenvalue weighted by molar-refractivity contribution is 7.71. The van der Waals surface area contributed by atoms with Gasteiger partial charge in [-0.3, -0.25) is 0 Å². The molecule has 2 nitrogen and oxygen atoms in total. The number of hydrogen-bond acceptors (Lipinski definition) is 2. The smallest absolute Gasteiger partial charge is 0.123 e. The quantitative estimate of drug-likeness (QED) is 0.670. The maximum Gasteiger partial charge on any atom is 0.123 e. The van der Waals surface area contributed by atoms with Crippen LogP contribution in [0.4, 0.5) is 4.39 Å². The van der Waals surface area contributed by atoms with Gasteiger partial charge in [0.15, 0.2) is 0 Å². The molecule has 0 aliphatic rings. The number of halogens is 1. The largest absolute Gasteiger partial charge is 0.345 e.